The third-order valence-electron chi connectivity index (χ3n) is 6.29. The fraction of sp³-hybridized carbons (Fsp3) is 0.280. The molecule has 2 aromatic carbocycles. The van der Waals surface area contributed by atoms with Crippen molar-refractivity contribution >= 4 is 34.4 Å². The normalized spacial score (nSPS) is 15.6. The molecule has 1 saturated heterocycles. The highest BCUT2D eigenvalue weighted by Crippen LogP contribution is 2.47. The fourth-order valence-electron chi connectivity index (χ4n) is 4.59. The number of benzene rings is 2. The number of hydrogen-bond acceptors (Lipinski definition) is 7. The molecule has 5 N–H and O–H groups in total. The van der Waals surface area contributed by atoms with Gasteiger partial charge in [-0.15, -0.1) is 0 Å². The first-order valence-electron chi connectivity index (χ1n) is 11.7. The van der Waals surface area contributed by atoms with E-state index in [0.29, 0.717) is 30.9 Å². The number of alkyl halides is 3. The van der Waals surface area contributed by atoms with Gasteiger partial charge in [-0.3, -0.25) is 9.59 Å². The maximum absolute atomic E-state index is 15.5. The van der Waals surface area contributed by atoms with Gasteiger partial charge in [0, 0.05) is 38.8 Å². The Morgan fingerprint density at radius 3 is 2.45 bits per heavy atom. The van der Waals surface area contributed by atoms with E-state index in [2.05, 4.69) is 5.32 Å². The van der Waals surface area contributed by atoms with Crippen LogP contribution in [0.3, 0.4) is 0 Å². The number of carbonyl (C=O) groups is 3. The lowest BCUT2D eigenvalue weighted by atomic mass is 10.1. The number of amides is 1. The molecule has 1 fully saturated rings. The summed E-state index contributed by atoms with van der Waals surface area (Å²) < 4.78 is 54.9. The van der Waals surface area contributed by atoms with Crippen molar-refractivity contribution in [3.05, 3.63) is 57.6 Å². The van der Waals surface area contributed by atoms with Crippen molar-refractivity contribution < 1.29 is 46.9 Å². The fourth-order valence-corrected chi connectivity index (χ4v) is 4.59. The number of nitrogens with one attached hydrogen (secondary N) is 1. The van der Waals surface area contributed by atoms with Crippen molar-refractivity contribution in [3.63, 3.8) is 0 Å². The minimum absolute atomic E-state index is 0.0858. The van der Waals surface area contributed by atoms with E-state index in [1.54, 1.807) is 27.7 Å². The predicted octanol–water partition coefficient (Wildman–Crippen LogP) is 2.74. The molecule has 5 rings (SSSR count). The summed E-state index contributed by atoms with van der Waals surface area (Å²) in [5.74, 6) is -4.53. The van der Waals surface area contributed by atoms with E-state index in [1.807, 2.05) is 0 Å². The molecule has 0 radical (unpaired) electrons. The predicted molar refractivity (Wildman–Crippen MR) is 133 cm³/mol. The highest BCUT2D eigenvalue weighted by Gasteiger charge is 2.38. The zero-order valence-corrected chi connectivity index (χ0v) is 20.7. The molecule has 3 aromatic rings. The smallest absolute Gasteiger partial charge is 0.477 e. The number of halogens is 4. The Morgan fingerprint density at radius 1 is 1.20 bits per heavy atom. The maximum atomic E-state index is 15.5. The van der Waals surface area contributed by atoms with Gasteiger partial charge in [-0.05, 0) is 30.2 Å². The van der Waals surface area contributed by atoms with Crippen LogP contribution in [0.25, 0.3) is 16.6 Å². The van der Waals surface area contributed by atoms with Crippen molar-refractivity contribution in [2.45, 2.75) is 32.1 Å². The molecule has 3 heterocycles. The number of nitrogens with zero attached hydrogens (tertiary/aromatic N) is 2. The van der Waals surface area contributed by atoms with Crippen molar-refractivity contribution in [3.8, 4) is 17.2 Å². The number of nitrogens with two attached hydrogens (primary N) is 1. The first-order chi connectivity index (χ1) is 18.7. The summed E-state index contributed by atoms with van der Waals surface area (Å²) in [6.07, 6.45) is -3.22. The van der Waals surface area contributed by atoms with Crippen molar-refractivity contribution in [1.82, 2.24) is 9.88 Å². The van der Waals surface area contributed by atoms with Gasteiger partial charge in [-0.25, -0.2) is 14.0 Å². The van der Waals surface area contributed by atoms with E-state index in [4.69, 9.17) is 20.4 Å². The van der Waals surface area contributed by atoms with Gasteiger partial charge in [0.15, 0.2) is 17.3 Å². The summed E-state index contributed by atoms with van der Waals surface area (Å²) in [7, 11) is 0. The van der Waals surface area contributed by atoms with Crippen molar-refractivity contribution in [2.24, 2.45) is 5.73 Å². The Hall–Kier alpha value is -4.66. The molecule has 1 unspecified atom stereocenters. The number of ether oxygens (including phenoxy) is 1. The largest absolute Gasteiger partial charge is 0.490 e. The van der Waals surface area contributed by atoms with E-state index in [1.165, 1.54) is 13.1 Å². The quantitative estimate of drug-likeness (QED) is 0.272. The SMILES string of the molecule is CC(=O)NC1CCN(c2c(F)cc3c(=O)c(C(=O)O)cn4c3c2Oc2cc(CN)ccc2-4)C1.O=C(O)C(F)(F)F. The van der Waals surface area contributed by atoms with Crippen LogP contribution in [0.4, 0.5) is 23.2 Å². The average molecular weight is 566 g/mol. The number of carbonyl (C=O) groups excluding carboxylic acids is 1. The first kappa shape index (κ1) is 28.4. The van der Waals surface area contributed by atoms with Crippen LogP contribution in [-0.2, 0) is 16.1 Å². The highest BCUT2D eigenvalue weighted by molar-refractivity contribution is 5.99. The van der Waals surface area contributed by atoms with Gasteiger partial charge in [-0.2, -0.15) is 13.2 Å². The molecule has 0 spiro atoms. The third-order valence-corrected chi connectivity index (χ3v) is 6.29. The molecule has 0 aliphatic carbocycles. The number of anilines is 1. The lowest BCUT2D eigenvalue weighted by Gasteiger charge is -2.29. The second-order valence-electron chi connectivity index (χ2n) is 9.02. The molecule has 11 nitrogen and oxygen atoms in total. The van der Waals surface area contributed by atoms with Crippen LogP contribution in [-0.4, -0.2) is 57.9 Å². The molecule has 40 heavy (non-hydrogen) atoms. The third kappa shape index (κ3) is 5.27. The Labute approximate surface area is 222 Å². The monoisotopic (exact) mass is 566 g/mol. The van der Waals surface area contributed by atoms with E-state index in [-0.39, 0.29) is 40.8 Å². The second-order valence-corrected chi connectivity index (χ2v) is 9.02. The number of carboxylic acid groups (broad SMARTS) is 2. The number of fused-ring (bicyclic) bond motifs is 2. The van der Waals surface area contributed by atoms with E-state index in [0.717, 1.165) is 11.6 Å². The number of carboxylic acids is 2. The molecule has 0 saturated carbocycles. The van der Waals surface area contributed by atoms with Gasteiger partial charge >= 0.3 is 18.1 Å². The molecule has 0 bridgehead atoms. The number of aromatic nitrogens is 1. The van der Waals surface area contributed by atoms with Crippen LogP contribution in [0.2, 0.25) is 0 Å². The zero-order chi connectivity index (χ0) is 29.5. The summed E-state index contributed by atoms with van der Waals surface area (Å²) >= 11 is 0. The Morgan fingerprint density at radius 2 is 1.88 bits per heavy atom. The van der Waals surface area contributed by atoms with Crippen LogP contribution >= 0.6 is 0 Å². The number of pyridine rings is 1. The van der Waals surface area contributed by atoms with E-state index >= 15 is 4.39 Å². The molecular formula is C25H22F4N4O7. The summed E-state index contributed by atoms with van der Waals surface area (Å²) in [4.78, 5) is 46.7. The summed E-state index contributed by atoms with van der Waals surface area (Å²) in [6, 6.07) is 6.12. The molecule has 2 aliphatic rings. The second kappa shape index (κ2) is 10.5. The average Bonchev–Trinajstić information content (AvgIpc) is 3.31. The van der Waals surface area contributed by atoms with E-state index < -0.39 is 34.9 Å². The number of aromatic carboxylic acids is 1. The first-order valence-corrected chi connectivity index (χ1v) is 11.7. The number of aliphatic carboxylic acids is 1. The van der Waals surface area contributed by atoms with Gasteiger partial charge in [0.1, 0.15) is 16.8 Å². The Kier molecular flexibility index (Phi) is 7.43. The van der Waals surface area contributed by atoms with Gasteiger partial charge in [0.05, 0.1) is 11.1 Å². The molecule has 1 atom stereocenters. The molecule has 1 aromatic heterocycles. The summed E-state index contributed by atoms with van der Waals surface area (Å²) in [5.41, 5.74) is 6.25. The number of rotatable bonds is 4. The molecule has 1 amide bonds. The van der Waals surface area contributed by atoms with Crippen molar-refractivity contribution in [2.75, 3.05) is 18.0 Å². The molecule has 212 valence electrons. The molecular weight excluding hydrogens is 544 g/mol. The minimum atomic E-state index is -5.08. The topological polar surface area (TPSA) is 164 Å². The van der Waals surface area contributed by atoms with Crippen LogP contribution in [0, 0.1) is 5.82 Å². The zero-order valence-electron chi connectivity index (χ0n) is 20.7. The molecule has 15 heteroatoms. The lowest BCUT2D eigenvalue weighted by Crippen LogP contribution is -2.35. The Bertz CT molecular complexity index is 1600. The van der Waals surface area contributed by atoms with Crippen molar-refractivity contribution in [1.29, 1.82) is 0 Å². The van der Waals surface area contributed by atoms with Crippen LogP contribution in [0.1, 0.15) is 29.3 Å². The summed E-state index contributed by atoms with van der Waals surface area (Å²) in [5, 5.41) is 19.4. The van der Waals surface area contributed by atoms with Crippen LogP contribution in [0.5, 0.6) is 11.5 Å². The summed E-state index contributed by atoms with van der Waals surface area (Å²) in [6.45, 7) is 2.52. The van der Waals surface area contributed by atoms with Gasteiger partial charge in [-0.1, -0.05) is 6.07 Å². The standard InChI is InChI=1S/C23H21FN4O5.C2HF3O2/c1-11(29)26-13-4-5-27(9-13)20-16(24)7-14-19-22(20)33-18-6-12(8-25)2-3-17(18)28(19)10-15(21(14)30)23(31)32;3-2(4,5)1(6)7/h2-3,6-7,10,13H,4-5,8-9,25H2,1H3,(H,26,29)(H,31,32);(H,6,7). The van der Waals surface area contributed by atoms with Gasteiger partial charge in [0.2, 0.25) is 11.3 Å². The van der Waals surface area contributed by atoms with Crippen LogP contribution < -0.4 is 26.1 Å². The van der Waals surface area contributed by atoms with E-state index in [9.17, 15) is 32.7 Å². The lowest BCUT2D eigenvalue weighted by molar-refractivity contribution is -0.192. The van der Waals surface area contributed by atoms with Crippen LogP contribution in [0.15, 0.2) is 35.3 Å². The Balaban J connectivity index is 0.000000470. The number of hydrogen-bond donors (Lipinski definition) is 4. The minimum Gasteiger partial charge on any atom is -0.477 e. The maximum Gasteiger partial charge on any atom is 0.490 e. The van der Waals surface area contributed by atoms with Gasteiger partial charge < -0.3 is 35.5 Å². The highest BCUT2D eigenvalue weighted by atomic mass is 19.4. The molecule has 2 aliphatic heterocycles. The van der Waals surface area contributed by atoms with Gasteiger partial charge in [0.25, 0.3) is 0 Å².